The van der Waals surface area contributed by atoms with Gasteiger partial charge in [0.25, 0.3) is 0 Å². The van der Waals surface area contributed by atoms with E-state index < -0.39 is 6.04 Å². The lowest BCUT2D eigenvalue weighted by atomic mass is 9.95. The molecule has 0 bridgehead atoms. The van der Waals surface area contributed by atoms with E-state index in [4.69, 9.17) is 15.2 Å². The molecule has 4 nitrogen and oxygen atoms in total. The van der Waals surface area contributed by atoms with Crippen molar-refractivity contribution in [2.75, 3.05) is 20.8 Å². The summed E-state index contributed by atoms with van der Waals surface area (Å²) >= 11 is 0. The zero-order chi connectivity index (χ0) is 14.4. The first kappa shape index (κ1) is 15.7. The lowest BCUT2D eigenvalue weighted by Crippen LogP contribution is -2.31. The fourth-order valence-electron chi connectivity index (χ4n) is 2.05. The molecule has 0 spiro atoms. The summed E-state index contributed by atoms with van der Waals surface area (Å²) in [5, 5.41) is 0. The topological polar surface area (TPSA) is 61.5 Å². The Kier molecular flexibility index (Phi) is 5.99. The van der Waals surface area contributed by atoms with Gasteiger partial charge in [-0.05, 0) is 49.9 Å². The summed E-state index contributed by atoms with van der Waals surface area (Å²) in [6, 6.07) is 3.26. The second kappa shape index (κ2) is 7.26. The SMILES string of the molecule is COCCCC(N)C(=O)c1cc(C)c(OC)cc1C. The highest BCUT2D eigenvalue weighted by molar-refractivity contribution is 6.01. The van der Waals surface area contributed by atoms with E-state index in [9.17, 15) is 4.79 Å². The third-order valence-corrected chi connectivity index (χ3v) is 3.21. The molecule has 0 saturated carbocycles. The number of carbonyl (C=O) groups excluding carboxylic acids is 1. The Morgan fingerprint density at radius 1 is 1.26 bits per heavy atom. The maximum absolute atomic E-state index is 12.3. The Morgan fingerprint density at radius 3 is 2.53 bits per heavy atom. The molecule has 0 amide bonds. The average Bonchev–Trinajstić information content (AvgIpc) is 2.40. The highest BCUT2D eigenvalue weighted by atomic mass is 16.5. The molecule has 0 radical (unpaired) electrons. The second-order valence-electron chi connectivity index (χ2n) is 4.74. The quantitative estimate of drug-likeness (QED) is 0.606. The van der Waals surface area contributed by atoms with E-state index in [1.54, 1.807) is 14.2 Å². The van der Waals surface area contributed by atoms with Crippen LogP contribution in [0.2, 0.25) is 0 Å². The van der Waals surface area contributed by atoms with Crippen LogP contribution < -0.4 is 10.5 Å². The van der Waals surface area contributed by atoms with Gasteiger partial charge in [-0.25, -0.2) is 0 Å². The van der Waals surface area contributed by atoms with E-state index >= 15 is 0 Å². The van der Waals surface area contributed by atoms with Gasteiger partial charge in [-0.2, -0.15) is 0 Å². The molecule has 106 valence electrons. The number of Topliss-reactive ketones (excluding diaryl/α,β-unsaturated/α-hetero) is 1. The molecule has 0 aliphatic carbocycles. The zero-order valence-corrected chi connectivity index (χ0v) is 12.2. The lowest BCUT2D eigenvalue weighted by molar-refractivity contribution is 0.0949. The number of benzene rings is 1. The number of hydrogen-bond donors (Lipinski definition) is 1. The van der Waals surface area contributed by atoms with Gasteiger partial charge < -0.3 is 15.2 Å². The van der Waals surface area contributed by atoms with Gasteiger partial charge >= 0.3 is 0 Å². The van der Waals surface area contributed by atoms with Gasteiger partial charge in [-0.3, -0.25) is 4.79 Å². The number of rotatable bonds is 7. The molecule has 0 saturated heterocycles. The number of carbonyl (C=O) groups is 1. The summed E-state index contributed by atoms with van der Waals surface area (Å²) in [6.07, 6.45) is 1.43. The lowest BCUT2D eigenvalue weighted by Gasteiger charge is -2.14. The van der Waals surface area contributed by atoms with E-state index in [0.29, 0.717) is 18.6 Å². The van der Waals surface area contributed by atoms with Crippen molar-refractivity contribution in [2.24, 2.45) is 5.73 Å². The van der Waals surface area contributed by atoms with E-state index in [0.717, 1.165) is 23.3 Å². The number of ether oxygens (including phenoxy) is 2. The van der Waals surface area contributed by atoms with E-state index in [1.807, 2.05) is 26.0 Å². The second-order valence-corrected chi connectivity index (χ2v) is 4.74. The minimum atomic E-state index is -0.471. The largest absolute Gasteiger partial charge is 0.496 e. The van der Waals surface area contributed by atoms with Crippen LogP contribution in [-0.2, 0) is 4.74 Å². The standard InChI is InChI=1S/C15H23NO3/c1-10-9-14(19-4)11(2)8-12(10)15(17)13(16)6-5-7-18-3/h8-9,13H,5-7,16H2,1-4H3. The van der Waals surface area contributed by atoms with Gasteiger partial charge in [0.15, 0.2) is 5.78 Å². The van der Waals surface area contributed by atoms with Crippen molar-refractivity contribution in [3.05, 3.63) is 28.8 Å². The van der Waals surface area contributed by atoms with Crippen molar-refractivity contribution in [1.82, 2.24) is 0 Å². The van der Waals surface area contributed by atoms with E-state index in [1.165, 1.54) is 0 Å². The summed E-state index contributed by atoms with van der Waals surface area (Å²) in [4.78, 5) is 12.3. The number of methoxy groups -OCH3 is 2. The van der Waals surface area contributed by atoms with Crippen LogP contribution in [-0.4, -0.2) is 32.7 Å². The molecule has 1 rings (SSSR count). The van der Waals surface area contributed by atoms with Crippen molar-refractivity contribution in [2.45, 2.75) is 32.7 Å². The molecule has 1 atom stereocenters. The maximum atomic E-state index is 12.3. The van der Waals surface area contributed by atoms with Gasteiger partial charge in [-0.1, -0.05) is 0 Å². The van der Waals surface area contributed by atoms with Crippen LogP contribution in [0.1, 0.15) is 34.3 Å². The highest BCUT2D eigenvalue weighted by Gasteiger charge is 2.18. The van der Waals surface area contributed by atoms with Gasteiger partial charge in [0, 0.05) is 19.3 Å². The van der Waals surface area contributed by atoms with Gasteiger partial charge in [0.2, 0.25) is 0 Å². The molecule has 0 aliphatic rings. The normalized spacial score (nSPS) is 12.3. The Labute approximate surface area is 114 Å². The molecule has 4 heteroatoms. The average molecular weight is 265 g/mol. The third kappa shape index (κ3) is 4.04. The smallest absolute Gasteiger partial charge is 0.179 e. The molecule has 1 aromatic carbocycles. The molecule has 0 fully saturated rings. The Balaban J connectivity index is 2.84. The molecule has 1 unspecified atom stereocenters. The van der Waals surface area contributed by atoms with Crippen molar-refractivity contribution in [3.63, 3.8) is 0 Å². The Hall–Kier alpha value is -1.39. The van der Waals surface area contributed by atoms with Crippen LogP contribution >= 0.6 is 0 Å². The van der Waals surface area contributed by atoms with Crippen LogP contribution in [0.25, 0.3) is 0 Å². The number of hydrogen-bond acceptors (Lipinski definition) is 4. The monoisotopic (exact) mass is 265 g/mol. The first-order valence-electron chi connectivity index (χ1n) is 6.45. The van der Waals surface area contributed by atoms with Crippen molar-refractivity contribution < 1.29 is 14.3 Å². The summed E-state index contributed by atoms with van der Waals surface area (Å²) in [7, 11) is 3.27. The summed E-state index contributed by atoms with van der Waals surface area (Å²) in [5.41, 5.74) is 8.47. The summed E-state index contributed by atoms with van der Waals surface area (Å²) in [6.45, 7) is 4.45. The van der Waals surface area contributed by atoms with Crippen LogP contribution in [0.3, 0.4) is 0 Å². The molecule has 0 heterocycles. The highest BCUT2D eigenvalue weighted by Crippen LogP contribution is 2.23. The molecule has 0 aliphatic heterocycles. The zero-order valence-electron chi connectivity index (χ0n) is 12.2. The molecule has 1 aromatic rings. The summed E-state index contributed by atoms with van der Waals surface area (Å²) in [5.74, 6) is 0.779. The Bertz CT molecular complexity index is 443. The summed E-state index contributed by atoms with van der Waals surface area (Å²) < 4.78 is 10.2. The third-order valence-electron chi connectivity index (χ3n) is 3.21. The molecular formula is C15H23NO3. The first-order valence-corrected chi connectivity index (χ1v) is 6.45. The molecule has 2 N–H and O–H groups in total. The van der Waals surface area contributed by atoms with Crippen LogP contribution in [0.15, 0.2) is 12.1 Å². The van der Waals surface area contributed by atoms with E-state index in [-0.39, 0.29) is 5.78 Å². The Morgan fingerprint density at radius 2 is 1.95 bits per heavy atom. The van der Waals surface area contributed by atoms with Crippen LogP contribution in [0.4, 0.5) is 0 Å². The predicted octanol–water partition coefficient (Wildman–Crippen LogP) is 2.25. The van der Waals surface area contributed by atoms with Crippen molar-refractivity contribution in [1.29, 1.82) is 0 Å². The van der Waals surface area contributed by atoms with Crippen molar-refractivity contribution in [3.8, 4) is 5.75 Å². The number of aryl methyl sites for hydroxylation is 2. The van der Waals surface area contributed by atoms with Crippen molar-refractivity contribution >= 4 is 5.78 Å². The van der Waals surface area contributed by atoms with Gasteiger partial charge in [-0.15, -0.1) is 0 Å². The van der Waals surface area contributed by atoms with E-state index in [2.05, 4.69) is 0 Å². The minimum absolute atomic E-state index is 0.0145. The number of ketones is 1. The van der Waals surface area contributed by atoms with Crippen LogP contribution in [0, 0.1) is 13.8 Å². The fraction of sp³-hybridized carbons (Fsp3) is 0.533. The molecule has 0 aromatic heterocycles. The van der Waals surface area contributed by atoms with Gasteiger partial charge in [0.05, 0.1) is 13.2 Å². The fourth-order valence-corrected chi connectivity index (χ4v) is 2.05. The first-order chi connectivity index (χ1) is 9.01. The maximum Gasteiger partial charge on any atom is 0.179 e. The number of nitrogens with two attached hydrogens (primary N) is 1. The minimum Gasteiger partial charge on any atom is -0.496 e. The van der Waals surface area contributed by atoms with Gasteiger partial charge in [0.1, 0.15) is 5.75 Å². The predicted molar refractivity (Wildman–Crippen MR) is 75.9 cm³/mol. The van der Waals surface area contributed by atoms with Crippen LogP contribution in [0.5, 0.6) is 5.75 Å². The molecule has 19 heavy (non-hydrogen) atoms. The molecular weight excluding hydrogens is 242 g/mol.